The maximum Gasteiger partial charge on any atom is 0.389 e. The Morgan fingerprint density at radius 2 is 1.85 bits per heavy atom. The van der Waals surface area contributed by atoms with Crippen LogP contribution in [0.15, 0.2) is 0 Å². The van der Waals surface area contributed by atoms with Gasteiger partial charge in [-0.15, -0.1) is 0 Å². The van der Waals surface area contributed by atoms with E-state index in [1.165, 1.54) is 0 Å². The highest BCUT2D eigenvalue weighted by molar-refractivity contribution is 7.89. The standard InChI is InChI=1S/C12H19F3N2O2S/c13-12(14,15)7-4-8-20(18,19)17-11(9-16)10-5-2-1-3-6-10/h10-11,17H,1-8H2. The summed E-state index contributed by atoms with van der Waals surface area (Å²) in [4.78, 5) is 0. The van der Waals surface area contributed by atoms with Crippen LogP contribution in [0.3, 0.4) is 0 Å². The van der Waals surface area contributed by atoms with Gasteiger partial charge in [-0.05, 0) is 25.2 Å². The Morgan fingerprint density at radius 1 is 1.25 bits per heavy atom. The number of hydrogen-bond donors (Lipinski definition) is 1. The SMILES string of the molecule is N#CC(NS(=O)(=O)CCCC(F)(F)F)C1CCCCC1. The molecule has 1 saturated carbocycles. The molecule has 8 heteroatoms. The number of rotatable bonds is 6. The second kappa shape index (κ2) is 7.27. The minimum absolute atomic E-state index is 0.0360. The normalized spacial score (nSPS) is 19.5. The van der Waals surface area contributed by atoms with Crippen molar-refractivity contribution in [1.29, 1.82) is 5.26 Å². The maximum atomic E-state index is 12.0. The molecule has 1 aliphatic rings. The summed E-state index contributed by atoms with van der Waals surface area (Å²) in [7, 11) is -3.84. The number of nitrogens with zero attached hydrogens (tertiary/aromatic N) is 1. The lowest BCUT2D eigenvalue weighted by molar-refractivity contribution is -0.134. The highest BCUT2D eigenvalue weighted by atomic mass is 32.2. The number of sulfonamides is 1. The maximum absolute atomic E-state index is 12.0. The summed E-state index contributed by atoms with van der Waals surface area (Å²) in [5, 5.41) is 9.04. The molecule has 20 heavy (non-hydrogen) atoms. The molecule has 1 unspecified atom stereocenters. The molecular weight excluding hydrogens is 293 g/mol. The average molecular weight is 312 g/mol. The van der Waals surface area contributed by atoms with Crippen molar-refractivity contribution in [1.82, 2.24) is 4.72 Å². The summed E-state index contributed by atoms with van der Waals surface area (Å²) in [6.07, 6.45) is -1.42. The molecule has 116 valence electrons. The van der Waals surface area contributed by atoms with Crippen LogP contribution in [0.5, 0.6) is 0 Å². The van der Waals surface area contributed by atoms with Crippen molar-refractivity contribution in [2.75, 3.05) is 5.75 Å². The summed E-state index contributed by atoms with van der Waals surface area (Å²) in [5.41, 5.74) is 0. The summed E-state index contributed by atoms with van der Waals surface area (Å²) in [6, 6.07) is 1.09. The van der Waals surface area contributed by atoms with Crippen molar-refractivity contribution in [2.24, 2.45) is 5.92 Å². The molecule has 0 aromatic rings. The predicted molar refractivity (Wildman–Crippen MR) is 68.2 cm³/mol. The van der Waals surface area contributed by atoms with Crippen molar-refractivity contribution >= 4 is 10.0 Å². The zero-order valence-corrected chi connectivity index (χ0v) is 11.9. The van der Waals surface area contributed by atoms with Crippen molar-refractivity contribution in [3.05, 3.63) is 0 Å². The summed E-state index contributed by atoms with van der Waals surface area (Å²) < 4.78 is 61.6. The molecule has 0 radical (unpaired) electrons. The Balaban J connectivity index is 2.48. The van der Waals surface area contributed by atoms with Crippen LogP contribution < -0.4 is 4.72 Å². The third-order valence-corrected chi connectivity index (χ3v) is 4.88. The molecule has 0 bridgehead atoms. The van der Waals surface area contributed by atoms with Crippen molar-refractivity contribution in [3.8, 4) is 6.07 Å². The molecule has 1 aliphatic carbocycles. The first kappa shape index (κ1) is 17.2. The Bertz CT molecular complexity index is 437. The second-order valence-corrected chi connectivity index (χ2v) is 7.03. The van der Waals surface area contributed by atoms with E-state index in [1.54, 1.807) is 0 Å². The van der Waals surface area contributed by atoms with E-state index < -0.39 is 40.8 Å². The average Bonchev–Trinajstić information content (AvgIpc) is 2.35. The monoisotopic (exact) mass is 312 g/mol. The molecule has 1 fully saturated rings. The fourth-order valence-corrected chi connectivity index (χ4v) is 3.68. The Kier molecular flexibility index (Phi) is 6.27. The third kappa shape index (κ3) is 6.57. The van der Waals surface area contributed by atoms with Gasteiger partial charge < -0.3 is 0 Å². The van der Waals surface area contributed by atoms with Gasteiger partial charge in [-0.3, -0.25) is 0 Å². The molecule has 0 saturated heterocycles. The molecular formula is C12H19F3N2O2S. The van der Waals surface area contributed by atoms with Crippen LogP contribution in [0.2, 0.25) is 0 Å². The van der Waals surface area contributed by atoms with Gasteiger partial charge in [0.05, 0.1) is 11.8 Å². The highest BCUT2D eigenvalue weighted by Gasteiger charge is 2.30. The minimum Gasteiger partial charge on any atom is -0.212 e. The summed E-state index contributed by atoms with van der Waals surface area (Å²) >= 11 is 0. The minimum atomic E-state index is -4.35. The summed E-state index contributed by atoms with van der Waals surface area (Å²) in [6.45, 7) is 0. The Hall–Kier alpha value is -0.810. The highest BCUT2D eigenvalue weighted by Crippen LogP contribution is 2.27. The lowest BCUT2D eigenvalue weighted by Crippen LogP contribution is -2.41. The Labute approximate surface area is 117 Å². The van der Waals surface area contributed by atoms with Crippen molar-refractivity contribution in [2.45, 2.75) is 57.2 Å². The van der Waals surface area contributed by atoms with Crippen LogP contribution in [0, 0.1) is 17.2 Å². The van der Waals surface area contributed by atoms with E-state index in [9.17, 15) is 21.6 Å². The van der Waals surface area contributed by atoms with Crippen LogP contribution in [-0.4, -0.2) is 26.4 Å². The largest absolute Gasteiger partial charge is 0.389 e. The molecule has 1 atom stereocenters. The first-order chi connectivity index (χ1) is 9.23. The van der Waals surface area contributed by atoms with Gasteiger partial charge in [0.1, 0.15) is 6.04 Å². The van der Waals surface area contributed by atoms with Crippen molar-refractivity contribution < 1.29 is 21.6 Å². The van der Waals surface area contributed by atoms with Gasteiger partial charge in [-0.1, -0.05) is 19.3 Å². The molecule has 0 aromatic carbocycles. The fraction of sp³-hybridized carbons (Fsp3) is 0.917. The first-order valence-electron chi connectivity index (χ1n) is 6.70. The van der Waals surface area contributed by atoms with Gasteiger partial charge in [0, 0.05) is 6.42 Å². The second-order valence-electron chi connectivity index (χ2n) is 5.16. The molecule has 0 aromatic heterocycles. The lowest BCUT2D eigenvalue weighted by Gasteiger charge is -2.26. The number of nitriles is 1. The molecule has 1 rings (SSSR count). The quantitative estimate of drug-likeness (QED) is 0.820. The topological polar surface area (TPSA) is 70.0 Å². The van der Waals surface area contributed by atoms with E-state index >= 15 is 0 Å². The smallest absolute Gasteiger partial charge is 0.212 e. The van der Waals surface area contributed by atoms with Crippen LogP contribution >= 0.6 is 0 Å². The fourth-order valence-electron chi connectivity index (χ4n) is 2.41. The zero-order chi connectivity index (χ0) is 15.2. The van der Waals surface area contributed by atoms with E-state index in [0.717, 1.165) is 32.1 Å². The van der Waals surface area contributed by atoms with Crippen LogP contribution in [0.4, 0.5) is 13.2 Å². The van der Waals surface area contributed by atoms with Crippen LogP contribution in [-0.2, 0) is 10.0 Å². The first-order valence-corrected chi connectivity index (χ1v) is 8.35. The predicted octanol–water partition coefficient (Wildman–Crippen LogP) is 2.72. The number of nitrogens with one attached hydrogen (secondary N) is 1. The molecule has 0 spiro atoms. The van der Waals surface area contributed by atoms with Gasteiger partial charge in [-0.25, -0.2) is 8.42 Å². The zero-order valence-electron chi connectivity index (χ0n) is 11.1. The van der Waals surface area contributed by atoms with E-state index in [-0.39, 0.29) is 5.92 Å². The van der Waals surface area contributed by atoms with Crippen LogP contribution in [0.1, 0.15) is 44.9 Å². The van der Waals surface area contributed by atoms with Gasteiger partial charge >= 0.3 is 6.18 Å². The third-order valence-electron chi connectivity index (χ3n) is 3.44. The van der Waals surface area contributed by atoms with Gasteiger partial charge in [0.15, 0.2) is 0 Å². The number of halogens is 3. The van der Waals surface area contributed by atoms with E-state index in [1.807, 2.05) is 6.07 Å². The number of hydrogen-bond acceptors (Lipinski definition) is 3. The van der Waals surface area contributed by atoms with Gasteiger partial charge in [0.25, 0.3) is 0 Å². The van der Waals surface area contributed by atoms with E-state index in [2.05, 4.69) is 4.72 Å². The molecule has 0 heterocycles. The molecule has 0 amide bonds. The molecule has 0 aliphatic heterocycles. The molecule has 4 nitrogen and oxygen atoms in total. The summed E-state index contributed by atoms with van der Waals surface area (Å²) in [5.74, 6) is -0.636. The lowest BCUT2D eigenvalue weighted by atomic mass is 9.85. The van der Waals surface area contributed by atoms with Crippen molar-refractivity contribution in [3.63, 3.8) is 0 Å². The number of alkyl halides is 3. The van der Waals surface area contributed by atoms with Gasteiger partial charge in [0.2, 0.25) is 10.0 Å². The van der Waals surface area contributed by atoms with Gasteiger partial charge in [-0.2, -0.15) is 23.2 Å². The van der Waals surface area contributed by atoms with E-state index in [4.69, 9.17) is 5.26 Å². The van der Waals surface area contributed by atoms with E-state index in [0.29, 0.717) is 0 Å². The van der Waals surface area contributed by atoms with Crippen LogP contribution in [0.25, 0.3) is 0 Å². The Morgan fingerprint density at radius 3 is 2.35 bits per heavy atom. The molecule has 1 N–H and O–H groups in total.